The van der Waals surface area contributed by atoms with Crippen LogP contribution in [0, 0.1) is 0 Å². The summed E-state index contributed by atoms with van der Waals surface area (Å²) in [7, 11) is 0. The van der Waals surface area contributed by atoms with Gasteiger partial charge in [0.05, 0.1) is 0 Å². The van der Waals surface area contributed by atoms with Crippen LogP contribution in [0.4, 0.5) is 0 Å². The van der Waals surface area contributed by atoms with Crippen molar-refractivity contribution in [2.24, 2.45) is 0 Å². The van der Waals surface area contributed by atoms with E-state index in [1.165, 1.54) is 25.1 Å². The van der Waals surface area contributed by atoms with Gasteiger partial charge in [-0.1, -0.05) is 24.3 Å². The Morgan fingerprint density at radius 2 is 1.70 bits per heavy atom. The van der Waals surface area contributed by atoms with Gasteiger partial charge in [-0.2, -0.15) is 0 Å². The van der Waals surface area contributed by atoms with Crippen molar-refractivity contribution in [3.63, 3.8) is 0 Å². The topological polar surface area (TPSA) is 72.8 Å². The Labute approximate surface area is 115 Å². The number of carbonyl (C=O) groups excluding carboxylic acids is 1. The average Bonchev–Trinajstić information content (AvgIpc) is 2.41. The molecule has 0 aromatic heterocycles. The average molecular weight is 272 g/mol. The van der Waals surface area contributed by atoms with Crippen LogP contribution in [0.5, 0.6) is 17.2 Å². The molecule has 0 aliphatic carbocycles. The largest absolute Gasteiger partial charge is 0.478 e. The number of ether oxygens (including phenoxy) is 2. The molecular formula is C15H12O5. The Morgan fingerprint density at radius 1 is 1.00 bits per heavy atom. The van der Waals surface area contributed by atoms with Crippen molar-refractivity contribution in [2.75, 3.05) is 0 Å². The highest BCUT2D eigenvalue weighted by Gasteiger charge is 2.18. The molecule has 0 radical (unpaired) electrons. The van der Waals surface area contributed by atoms with E-state index in [0.29, 0.717) is 5.75 Å². The number of hydrogen-bond donors (Lipinski definition) is 1. The minimum Gasteiger partial charge on any atom is -0.478 e. The predicted molar refractivity (Wildman–Crippen MR) is 71.2 cm³/mol. The minimum atomic E-state index is -1.16. The highest BCUT2D eigenvalue weighted by molar-refractivity contribution is 5.92. The lowest BCUT2D eigenvalue weighted by atomic mass is 10.2. The number of esters is 1. The van der Waals surface area contributed by atoms with E-state index >= 15 is 0 Å². The van der Waals surface area contributed by atoms with Crippen LogP contribution < -0.4 is 9.47 Å². The Balaban J connectivity index is 2.46. The Kier molecular flexibility index (Phi) is 4.00. The molecule has 0 amide bonds. The fourth-order valence-corrected chi connectivity index (χ4v) is 1.63. The molecule has 0 fully saturated rings. The smallest absolute Gasteiger partial charge is 0.339 e. The molecule has 2 aromatic rings. The van der Waals surface area contributed by atoms with Gasteiger partial charge in [0.15, 0.2) is 11.5 Å². The van der Waals surface area contributed by atoms with Crippen molar-refractivity contribution in [2.45, 2.75) is 6.92 Å². The SMILES string of the molecule is CC(=O)Oc1cccc(C(=O)O)c1Oc1ccccc1. The molecule has 0 aliphatic rings. The van der Waals surface area contributed by atoms with Crippen LogP contribution >= 0.6 is 0 Å². The summed E-state index contributed by atoms with van der Waals surface area (Å²) in [6, 6.07) is 13.0. The first kappa shape index (κ1) is 13.6. The van der Waals surface area contributed by atoms with E-state index in [1.54, 1.807) is 24.3 Å². The van der Waals surface area contributed by atoms with E-state index in [4.69, 9.17) is 9.47 Å². The Morgan fingerprint density at radius 3 is 2.30 bits per heavy atom. The number of carbonyl (C=O) groups is 2. The number of carboxylic acids is 1. The van der Waals surface area contributed by atoms with Gasteiger partial charge >= 0.3 is 11.9 Å². The summed E-state index contributed by atoms with van der Waals surface area (Å²) < 4.78 is 10.5. The van der Waals surface area contributed by atoms with Crippen LogP contribution in [0.3, 0.4) is 0 Å². The van der Waals surface area contributed by atoms with Crippen LogP contribution in [0.15, 0.2) is 48.5 Å². The van der Waals surface area contributed by atoms with Gasteiger partial charge < -0.3 is 14.6 Å². The van der Waals surface area contributed by atoms with Gasteiger partial charge in [-0.05, 0) is 24.3 Å². The molecule has 0 atom stereocenters. The zero-order valence-electron chi connectivity index (χ0n) is 10.7. The maximum atomic E-state index is 11.2. The van der Waals surface area contributed by atoms with Crippen molar-refractivity contribution in [3.8, 4) is 17.2 Å². The molecule has 5 nitrogen and oxygen atoms in total. The first-order valence-corrected chi connectivity index (χ1v) is 5.85. The second-order valence-corrected chi connectivity index (χ2v) is 3.95. The molecule has 0 saturated heterocycles. The van der Waals surface area contributed by atoms with Gasteiger partial charge in [0.2, 0.25) is 0 Å². The number of aromatic carboxylic acids is 1. The van der Waals surface area contributed by atoms with Crippen LogP contribution in [0.1, 0.15) is 17.3 Å². The van der Waals surface area contributed by atoms with Crippen LogP contribution in [0.25, 0.3) is 0 Å². The zero-order valence-corrected chi connectivity index (χ0v) is 10.7. The van der Waals surface area contributed by atoms with Crippen LogP contribution in [0.2, 0.25) is 0 Å². The highest BCUT2D eigenvalue weighted by Crippen LogP contribution is 2.35. The van der Waals surface area contributed by atoms with E-state index in [1.807, 2.05) is 6.07 Å². The molecule has 0 spiro atoms. The fourth-order valence-electron chi connectivity index (χ4n) is 1.63. The molecule has 5 heteroatoms. The number of benzene rings is 2. The summed E-state index contributed by atoms with van der Waals surface area (Å²) in [5, 5.41) is 9.18. The number of rotatable bonds is 4. The van der Waals surface area contributed by atoms with Gasteiger partial charge in [0, 0.05) is 6.92 Å². The monoisotopic (exact) mass is 272 g/mol. The van der Waals surface area contributed by atoms with Gasteiger partial charge in [0.25, 0.3) is 0 Å². The molecule has 20 heavy (non-hydrogen) atoms. The lowest BCUT2D eigenvalue weighted by Crippen LogP contribution is -2.06. The van der Waals surface area contributed by atoms with E-state index < -0.39 is 11.9 Å². The number of carboxylic acid groups (broad SMARTS) is 1. The van der Waals surface area contributed by atoms with Crippen LogP contribution in [-0.2, 0) is 4.79 Å². The van der Waals surface area contributed by atoms with E-state index in [2.05, 4.69) is 0 Å². The molecule has 102 valence electrons. The normalized spacial score (nSPS) is 9.85. The van der Waals surface area contributed by atoms with E-state index in [0.717, 1.165) is 0 Å². The first-order valence-electron chi connectivity index (χ1n) is 5.85. The lowest BCUT2D eigenvalue weighted by Gasteiger charge is -2.12. The zero-order chi connectivity index (χ0) is 14.5. The third kappa shape index (κ3) is 3.14. The Hall–Kier alpha value is -2.82. The van der Waals surface area contributed by atoms with Crippen molar-refractivity contribution in [3.05, 3.63) is 54.1 Å². The van der Waals surface area contributed by atoms with Crippen LogP contribution in [-0.4, -0.2) is 17.0 Å². The highest BCUT2D eigenvalue weighted by atomic mass is 16.6. The first-order chi connectivity index (χ1) is 9.58. The maximum absolute atomic E-state index is 11.2. The molecule has 0 aliphatic heterocycles. The van der Waals surface area contributed by atoms with Gasteiger partial charge in [0.1, 0.15) is 11.3 Å². The summed E-state index contributed by atoms with van der Waals surface area (Å²) in [5.74, 6) is -1.19. The van der Waals surface area contributed by atoms with E-state index in [-0.39, 0.29) is 17.1 Å². The number of hydrogen-bond acceptors (Lipinski definition) is 4. The van der Waals surface area contributed by atoms with E-state index in [9.17, 15) is 14.7 Å². The Bertz CT molecular complexity index is 634. The summed E-state index contributed by atoms with van der Waals surface area (Å²) in [6.45, 7) is 1.24. The molecule has 1 N–H and O–H groups in total. The quantitative estimate of drug-likeness (QED) is 0.684. The molecule has 0 bridgehead atoms. The van der Waals surface area contributed by atoms with Crippen molar-refractivity contribution in [1.82, 2.24) is 0 Å². The number of para-hydroxylation sites is 2. The third-order valence-corrected chi connectivity index (χ3v) is 2.43. The maximum Gasteiger partial charge on any atom is 0.339 e. The van der Waals surface area contributed by atoms with Crippen molar-refractivity contribution < 1.29 is 24.2 Å². The second-order valence-electron chi connectivity index (χ2n) is 3.95. The second kappa shape index (κ2) is 5.88. The molecule has 0 unspecified atom stereocenters. The molecule has 0 saturated carbocycles. The molecule has 2 aromatic carbocycles. The van der Waals surface area contributed by atoms with Crippen molar-refractivity contribution in [1.29, 1.82) is 0 Å². The predicted octanol–water partition coefficient (Wildman–Crippen LogP) is 3.10. The van der Waals surface area contributed by atoms with Crippen molar-refractivity contribution >= 4 is 11.9 Å². The third-order valence-electron chi connectivity index (χ3n) is 2.43. The summed E-state index contributed by atoms with van der Waals surface area (Å²) in [6.07, 6.45) is 0. The molecular weight excluding hydrogens is 260 g/mol. The summed E-state index contributed by atoms with van der Waals surface area (Å²) >= 11 is 0. The molecule has 0 heterocycles. The summed E-state index contributed by atoms with van der Waals surface area (Å²) in [4.78, 5) is 22.3. The summed E-state index contributed by atoms with van der Waals surface area (Å²) in [5.41, 5.74) is -0.0763. The minimum absolute atomic E-state index is 0.00130. The standard InChI is InChI=1S/C15H12O5/c1-10(16)19-13-9-5-8-12(15(17)18)14(13)20-11-6-3-2-4-7-11/h2-9H,1H3,(H,17,18). The molecule has 2 rings (SSSR count). The fraction of sp³-hybridized carbons (Fsp3) is 0.0667. The van der Waals surface area contributed by atoms with Gasteiger partial charge in [-0.3, -0.25) is 4.79 Å². The van der Waals surface area contributed by atoms with Gasteiger partial charge in [-0.15, -0.1) is 0 Å². The van der Waals surface area contributed by atoms with Gasteiger partial charge in [-0.25, -0.2) is 4.79 Å². The lowest BCUT2D eigenvalue weighted by molar-refractivity contribution is -0.132.